The third-order valence-corrected chi connectivity index (χ3v) is 4.77. The predicted molar refractivity (Wildman–Crippen MR) is 85.5 cm³/mol. The number of rotatable bonds is 3. The number of hydrogen-bond acceptors (Lipinski definition) is 5. The molecule has 6 heteroatoms. The van der Waals surface area contributed by atoms with Gasteiger partial charge in [0.25, 0.3) is 0 Å². The van der Waals surface area contributed by atoms with Crippen molar-refractivity contribution in [3.63, 3.8) is 0 Å². The Balaban J connectivity index is 1.79. The summed E-state index contributed by atoms with van der Waals surface area (Å²) < 4.78 is 2.01. The van der Waals surface area contributed by atoms with Crippen molar-refractivity contribution in [2.45, 2.75) is 6.61 Å². The van der Waals surface area contributed by atoms with Crippen LogP contribution in [0.4, 0.5) is 0 Å². The van der Waals surface area contributed by atoms with Crippen LogP contribution in [-0.4, -0.2) is 19.5 Å². The van der Waals surface area contributed by atoms with Crippen molar-refractivity contribution in [1.82, 2.24) is 14.4 Å². The van der Waals surface area contributed by atoms with Gasteiger partial charge in [0.05, 0.1) is 18.0 Å². The van der Waals surface area contributed by atoms with Gasteiger partial charge in [-0.05, 0) is 23.6 Å². The van der Waals surface area contributed by atoms with Gasteiger partial charge >= 0.3 is 0 Å². The maximum atomic E-state index is 9.11. The Bertz CT molecular complexity index is 893. The van der Waals surface area contributed by atoms with E-state index in [0.717, 1.165) is 33.2 Å². The van der Waals surface area contributed by atoms with Gasteiger partial charge in [-0.25, -0.2) is 9.97 Å². The molecule has 0 aliphatic carbocycles. The van der Waals surface area contributed by atoms with Crippen LogP contribution in [0.2, 0.25) is 0 Å². The van der Waals surface area contributed by atoms with Crippen LogP contribution in [0.3, 0.4) is 0 Å². The standard InChI is InChI=1S/C15H11N3OS2/c19-7-15-17-13(9-21-15)10-1-2-14-16-12(6-18(14)5-10)11-3-4-20-8-11/h1-6,8-9,19H,7H2. The molecule has 0 bridgehead atoms. The van der Waals surface area contributed by atoms with Gasteiger partial charge in [0.2, 0.25) is 0 Å². The molecule has 0 saturated carbocycles. The number of nitrogens with zero attached hydrogens (tertiary/aromatic N) is 3. The molecule has 0 radical (unpaired) electrons. The van der Waals surface area contributed by atoms with Crippen LogP contribution in [0.25, 0.3) is 28.2 Å². The lowest BCUT2D eigenvalue weighted by molar-refractivity contribution is 0.281. The molecule has 4 aromatic heterocycles. The van der Waals surface area contributed by atoms with Crippen LogP contribution in [0.1, 0.15) is 5.01 Å². The summed E-state index contributed by atoms with van der Waals surface area (Å²) in [5.41, 5.74) is 4.94. The molecule has 0 unspecified atom stereocenters. The Hall–Kier alpha value is -2.02. The zero-order chi connectivity index (χ0) is 14.2. The number of fused-ring (bicyclic) bond motifs is 1. The molecule has 1 N–H and O–H groups in total. The highest BCUT2D eigenvalue weighted by molar-refractivity contribution is 7.10. The van der Waals surface area contributed by atoms with Gasteiger partial charge in [0, 0.05) is 34.3 Å². The Kier molecular flexibility index (Phi) is 3.07. The number of imidazole rings is 1. The van der Waals surface area contributed by atoms with E-state index in [9.17, 15) is 0 Å². The fraction of sp³-hybridized carbons (Fsp3) is 0.0667. The number of hydrogen-bond donors (Lipinski definition) is 1. The molecule has 4 heterocycles. The summed E-state index contributed by atoms with van der Waals surface area (Å²) in [7, 11) is 0. The van der Waals surface area contributed by atoms with Crippen LogP contribution < -0.4 is 0 Å². The summed E-state index contributed by atoms with van der Waals surface area (Å²) in [6.45, 7) is -0.0136. The van der Waals surface area contributed by atoms with Crippen LogP contribution in [0, 0.1) is 0 Å². The lowest BCUT2D eigenvalue weighted by atomic mass is 10.2. The van der Waals surface area contributed by atoms with Crippen molar-refractivity contribution in [2.75, 3.05) is 0 Å². The van der Waals surface area contributed by atoms with E-state index >= 15 is 0 Å². The van der Waals surface area contributed by atoms with E-state index in [2.05, 4.69) is 26.8 Å². The second kappa shape index (κ2) is 5.07. The molecule has 0 atom stereocenters. The Morgan fingerprint density at radius 1 is 1.00 bits per heavy atom. The van der Waals surface area contributed by atoms with Gasteiger partial charge in [0.15, 0.2) is 0 Å². The zero-order valence-electron chi connectivity index (χ0n) is 10.9. The Morgan fingerprint density at radius 3 is 2.71 bits per heavy atom. The highest BCUT2D eigenvalue weighted by Crippen LogP contribution is 2.25. The van der Waals surface area contributed by atoms with Gasteiger partial charge in [-0.1, -0.05) is 0 Å². The first-order chi connectivity index (χ1) is 10.3. The minimum Gasteiger partial charge on any atom is -0.389 e. The smallest absolute Gasteiger partial charge is 0.137 e. The largest absolute Gasteiger partial charge is 0.389 e. The molecule has 0 aliphatic rings. The fourth-order valence-corrected chi connectivity index (χ4v) is 3.52. The molecule has 4 nitrogen and oxygen atoms in total. The summed E-state index contributed by atoms with van der Waals surface area (Å²) in [4.78, 5) is 9.02. The maximum absolute atomic E-state index is 9.11. The lowest BCUT2D eigenvalue weighted by Crippen LogP contribution is -1.86. The van der Waals surface area contributed by atoms with Gasteiger partial charge in [-0.3, -0.25) is 0 Å². The number of aliphatic hydroxyl groups is 1. The number of thiazole rings is 1. The molecule has 0 aromatic carbocycles. The van der Waals surface area contributed by atoms with E-state index in [0.29, 0.717) is 0 Å². The van der Waals surface area contributed by atoms with Crippen molar-refractivity contribution in [3.8, 4) is 22.5 Å². The molecule has 0 fully saturated rings. The second-order valence-corrected chi connectivity index (χ2v) is 6.33. The summed E-state index contributed by atoms with van der Waals surface area (Å²) in [6.07, 6.45) is 4.05. The van der Waals surface area contributed by atoms with Crippen molar-refractivity contribution in [1.29, 1.82) is 0 Å². The van der Waals surface area contributed by atoms with E-state index in [1.807, 2.05) is 34.3 Å². The zero-order valence-corrected chi connectivity index (χ0v) is 12.6. The van der Waals surface area contributed by atoms with Crippen LogP contribution >= 0.6 is 22.7 Å². The van der Waals surface area contributed by atoms with Gasteiger partial charge in [-0.15, -0.1) is 11.3 Å². The van der Waals surface area contributed by atoms with E-state index in [-0.39, 0.29) is 6.61 Å². The van der Waals surface area contributed by atoms with Gasteiger partial charge in [0.1, 0.15) is 10.7 Å². The topological polar surface area (TPSA) is 50.4 Å². The Labute approximate surface area is 129 Å². The SMILES string of the molecule is OCc1nc(-c2ccc3nc(-c4ccsc4)cn3c2)cs1. The molecule has 0 amide bonds. The quantitative estimate of drug-likeness (QED) is 0.628. The normalized spacial score (nSPS) is 11.3. The molecule has 0 aliphatic heterocycles. The molecular weight excluding hydrogens is 302 g/mol. The lowest BCUT2D eigenvalue weighted by Gasteiger charge is -1.98. The molecule has 104 valence electrons. The summed E-state index contributed by atoms with van der Waals surface area (Å²) >= 11 is 3.14. The number of pyridine rings is 1. The van der Waals surface area contributed by atoms with Crippen LogP contribution in [-0.2, 0) is 6.61 Å². The van der Waals surface area contributed by atoms with E-state index in [1.54, 1.807) is 11.3 Å². The average Bonchev–Trinajstić information content (AvgIpc) is 3.24. The monoisotopic (exact) mass is 313 g/mol. The third-order valence-electron chi connectivity index (χ3n) is 3.25. The van der Waals surface area contributed by atoms with E-state index < -0.39 is 0 Å². The van der Waals surface area contributed by atoms with Crippen molar-refractivity contribution >= 4 is 28.3 Å². The third kappa shape index (κ3) is 2.27. The summed E-state index contributed by atoms with van der Waals surface area (Å²) in [5.74, 6) is 0. The fourth-order valence-electron chi connectivity index (χ4n) is 2.21. The summed E-state index contributed by atoms with van der Waals surface area (Å²) in [6, 6.07) is 6.07. The molecule has 4 aromatic rings. The number of aliphatic hydroxyl groups excluding tert-OH is 1. The van der Waals surface area contributed by atoms with E-state index in [1.165, 1.54) is 11.3 Å². The molecule has 4 rings (SSSR count). The molecule has 0 spiro atoms. The van der Waals surface area contributed by atoms with Crippen molar-refractivity contribution < 1.29 is 5.11 Å². The Morgan fingerprint density at radius 2 is 1.95 bits per heavy atom. The van der Waals surface area contributed by atoms with Gasteiger partial charge < -0.3 is 9.51 Å². The highest BCUT2D eigenvalue weighted by atomic mass is 32.1. The van der Waals surface area contributed by atoms with Gasteiger partial charge in [-0.2, -0.15) is 11.3 Å². The van der Waals surface area contributed by atoms with E-state index in [4.69, 9.17) is 5.11 Å². The first kappa shape index (κ1) is 12.7. The van der Waals surface area contributed by atoms with Crippen molar-refractivity contribution in [3.05, 3.63) is 51.7 Å². The molecular formula is C15H11N3OS2. The molecule has 0 saturated heterocycles. The summed E-state index contributed by atoms with van der Waals surface area (Å²) in [5, 5.41) is 16.0. The first-order valence-corrected chi connectivity index (χ1v) is 8.23. The number of thiophene rings is 1. The maximum Gasteiger partial charge on any atom is 0.137 e. The highest BCUT2D eigenvalue weighted by Gasteiger charge is 2.08. The number of aromatic nitrogens is 3. The minimum atomic E-state index is -0.0136. The molecule has 21 heavy (non-hydrogen) atoms. The average molecular weight is 313 g/mol. The minimum absolute atomic E-state index is 0.0136. The first-order valence-electron chi connectivity index (χ1n) is 6.40. The second-order valence-electron chi connectivity index (χ2n) is 4.61. The van der Waals surface area contributed by atoms with Crippen LogP contribution in [0.5, 0.6) is 0 Å². The predicted octanol–water partition coefficient (Wildman–Crippen LogP) is 3.68. The van der Waals surface area contributed by atoms with Crippen LogP contribution in [0.15, 0.2) is 46.7 Å². The van der Waals surface area contributed by atoms with Crippen molar-refractivity contribution in [2.24, 2.45) is 0 Å².